The molecule has 186 valence electrons. The third kappa shape index (κ3) is 6.59. The van der Waals surface area contributed by atoms with E-state index in [2.05, 4.69) is 10.3 Å². The summed E-state index contributed by atoms with van der Waals surface area (Å²) in [5.74, 6) is -0.581. The van der Waals surface area contributed by atoms with Gasteiger partial charge in [-0.15, -0.1) is 11.3 Å². The van der Waals surface area contributed by atoms with E-state index in [0.29, 0.717) is 24.8 Å². The summed E-state index contributed by atoms with van der Waals surface area (Å²) in [4.78, 5) is 32.0. The quantitative estimate of drug-likeness (QED) is 0.278. The summed E-state index contributed by atoms with van der Waals surface area (Å²) in [6.07, 6.45) is -0.815. The van der Waals surface area contributed by atoms with E-state index in [0.717, 1.165) is 23.3 Å². The van der Waals surface area contributed by atoms with E-state index in [1.165, 1.54) is 40.3 Å². The molecule has 2 heterocycles. The lowest BCUT2D eigenvalue weighted by Crippen LogP contribution is -2.31. The minimum atomic E-state index is -4.41. The van der Waals surface area contributed by atoms with Gasteiger partial charge in [0.2, 0.25) is 5.91 Å². The fourth-order valence-corrected chi connectivity index (χ4v) is 5.58. The average molecular weight is 548 g/mol. The molecule has 0 unspecified atom stereocenters. The van der Waals surface area contributed by atoms with Crippen LogP contribution in [0.25, 0.3) is 6.08 Å². The van der Waals surface area contributed by atoms with E-state index in [1.54, 1.807) is 12.1 Å². The van der Waals surface area contributed by atoms with Crippen LogP contribution in [-0.4, -0.2) is 32.6 Å². The van der Waals surface area contributed by atoms with Crippen LogP contribution in [0.5, 0.6) is 0 Å². The van der Waals surface area contributed by atoms with Gasteiger partial charge in [0.15, 0.2) is 5.13 Å². The first kappa shape index (κ1) is 26.1. The third-order valence-corrected chi connectivity index (χ3v) is 7.53. The Balaban J connectivity index is 1.31. The normalized spacial score (nSPS) is 15.1. The molecule has 4 rings (SSSR count). The first-order valence-electron chi connectivity index (χ1n) is 10.8. The van der Waals surface area contributed by atoms with Crippen LogP contribution in [0.15, 0.2) is 59.6 Å². The molecule has 0 radical (unpaired) electrons. The summed E-state index contributed by atoms with van der Waals surface area (Å²) in [6, 6.07) is 12.9. The number of carbonyl (C=O) groups is 2. The van der Waals surface area contributed by atoms with Crippen molar-refractivity contribution in [3.05, 3.63) is 86.8 Å². The Morgan fingerprint density at radius 2 is 1.94 bits per heavy atom. The van der Waals surface area contributed by atoms with Crippen molar-refractivity contribution in [2.45, 2.75) is 25.9 Å². The van der Waals surface area contributed by atoms with Crippen molar-refractivity contribution in [1.29, 1.82) is 0 Å². The number of thiazole rings is 1. The van der Waals surface area contributed by atoms with E-state index in [9.17, 15) is 22.8 Å². The molecule has 0 aliphatic carbocycles. The van der Waals surface area contributed by atoms with Gasteiger partial charge in [-0.05, 0) is 30.2 Å². The van der Waals surface area contributed by atoms with Crippen LogP contribution in [0, 0.1) is 6.92 Å². The molecule has 1 fully saturated rings. The highest BCUT2D eigenvalue weighted by molar-refractivity contribution is 8.26. The number of thiocarbonyl (C=S) groups is 1. The number of thioether (sulfide) groups is 1. The maximum absolute atomic E-state index is 12.9. The number of hydrogen-bond acceptors (Lipinski definition) is 6. The molecule has 11 heteroatoms. The molecule has 2 aromatic carbocycles. The fourth-order valence-electron chi connectivity index (χ4n) is 3.41. The van der Waals surface area contributed by atoms with Crippen LogP contribution in [0.1, 0.15) is 33.6 Å². The summed E-state index contributed by atoms with van der Waals surface area (Å²) in [6.45, 7) is 2.11. The van der Waals surface area contributed by atoms with Gasteiger partial charge < -0.3 is 5.32 Å². The first-order chi connectivity index (χ1) is 17.1. The van der Waals surface area contributed by atoms with Crippen LogP contribution in [-0.2, 0) is 22.2 Å². The van der Waals surface area contributed by atoms with Crippen LogP contribution < -0.4 is 5.32 Å². The number of alkyl halides is 3. The second kappa shape index (κ2) is 10.9. The summed E-state index contributed by atoms with van der Waals surface area (Å²) >= 11 is 7.71. The van der Waals surface area contributed by atoms with Gasteiger partial charge in [-0.25, -0.2) is 4.98 Å². The average Bonchev–Trinajstić information content (AvgIpc) is 3.36. The molecule has 2 amide bonds. The topological polar surface area (TPSA) is 62.3 Å². The molecule has 0 bridgehead atoms. The van der Waals surface area contributed by atoms with Crippen molar-refractivity contribution in [2.75, 3.05) is 11.9 Å². The molecule has 5 nitrogen and oxygen atoms in total. The zero-order valence-electron chi connectivity index (χ0n) is 19.0. The SMILES string of the molecule is Cc1ccc(C=C2SC(=S)N(CCC(=O)Nc3ncc(Cc4cccc(C(F)(F)F)c4)s3)C2=O)cc1. The first-order valence-corrected chi connectivity index (χ1v) is 12.9. The lowest BCUT2D eigenvalue weighted by molar-refractivity contribution is -0.137. The Hall–Kier alpha value is -3.02. The molecule has 3 aromatic rings. The van der Waals surface area contributed by atoms with Crippen molar-refractivity contribution in [2.24, 2.45) is 0 Å². The van der Waals surface area contributed by atoms with Crippen molar-refractivity contribution in [1.82, 2.24) is 9.88 Å². The Morgan fingerprint density at radius 3 is 2.67 bits per heavy atom. The van der Waals surface area contributed by atoms with Crippen molar-refractivity contribution in [3.8, 4) is 0 Å². The highest BCUT2D eigenvalue weighted by Gasteiger charge is 2.32. The van der Waals surface area contributed by atoms with E-state index in [1.807, 2.05) is 31.2 Å². The third-order valence-electron chi connectivity index (χ3n) is 5.24. The van der Waals surface area contributed by atoms with Crippen LogP contribution in [0.4, 0.5) is 18.3 Å². The van der Waals surface area contributed by atoms with Gasteiger partial charge in [0, 0.05) is 30.5 Å². The van der Waals surface area contributed by atoms with E-state index in [-0.39, 0.29) is 31.2 Å². The lowest BCUT2D eigenvalue weighted by atomic mass is 10.1. The molecular formula is C25H20F3N3O2S3. The number of anilines is 1. The largest absolute Gasteiger partial charge is 0.416 e. The van der Waals surface area contributed by atoms with Crippen molar-refractivity contribution < 1.29 is 22.8 Å². The predicted molar refractivity (Wildman–Crippen MR) is 141 cm³/mol. The van der Waals surface area contributed by atoms with Gasteiger partial charge in [-0.3, -0.25) is 14.5 Å². The van der Waals surface area contributed by atoms with E-state index < -0.39 is 11.7 Å². The molecule has 1 aliphatic heterocycles. The number of aryl methyl sites for hydroxylation is 1. The lowest BCUT2D eigenvalue weighted by Gasteiger charge is -2.13. The minimum absolute atomic E-state index is 0.0206. The molecule has 1 N–H and O–H groups in total. The number of halogens is 3. The molecular weight excluding hydrogens is 527 g/mol. The van der Waals surface area contributed by atoms with Gasteiger partial charge in [-0.1, -0.05) is 72.0 Å². The molecule has 1 aromatic heterocycles. The number of amides is 2. The Morgan fingerprint density at radius 1 is 1.19 bits per heavy atom. The number of nitrogens with one attached hydrogen (secondary N) is 1. The zero-order chi connectivity index (χ0) is 25.9. The highest BCUT2D eigenvalue weighted by atomic mass is 32.2. The molecule has 0 atom stereocenters. The Bertz CT molecular complexity index is 1330. The number of aromatic nitrogens is 1. The molecule has 0 saturated carbocycles. The second-order valence-electron chi connectivity index (χ2n) is 8.05. The van der Waals surface area contributed by atoms with E-state index in [4.69, 9.17) is 12.2 Å². The van der Waals surface area contributed by atoms with Crippen LogP contribution >= 0.6 is 35.3 Å². The van der Waals surface area contributed by atoms with Crippen LogP contribution in [0.3, 0.4) is 0 Å². The van der Waals surface area contributed by atoms with Crippen molar-refractivity contribution >= 4 is 62.7 Å². The summed E-state index contributed by atoms with van der Waals surface area (Å²) < 4.78 is 39.2. The number of carbonyl (C=O) groups excluding carboxylic acids is 2. The summed E-state index contributed by atoms with van der Waals surface area (Å²) in [5.41, 5.74) is 1.80. The Kier molecular flexibility index (Phi) is 7.91. The molecule has 0 spiro atoms. The highest BCUT2D eigenvalue weighted by Crippen LogP contribution is 2.33. The number of nitrogens with zero attached hydrogens (tertiary/aromatic N) is 2. The second-order valence-corrected chi connectivity index (χ2v) is 10.8. The van der Waals surface area contributed by atoms with Gasteiger partial charge >= 0.3 is 6.18 Å². The number of benzene rings is 2. The van der Waals surface area contributed by atoms with Gasteiger partial charge in [0.25, 0.3) is 5.91 Å². The summed E-state index contributed by atoms with van der Waals surface area (Å²) in [5, 5.41) is 3.02. The minimum Gasteiger partial charge on any atom is -0.302 e. The van der Waals surface area contributed by atoms with Gasteiger partial charge in [0.05, 0.1) is 10.5 Å². The molecule has 1 saturated heterocycles. The van der Waals surface area contributed by atoms with Gasteiger partial charge in [0.1, 0.15) is 4.32 Å². The predicted octanol–water partition coefficient (Wildman–Crippen LogP) is 6.29. The molecule has 36 heavy (non-hydrogen) atoms. The Labute approximate surface area is 219 Å². The molecule has 1 aliphatic rings. The fraction of sp³-hybridized carbons (Fsp3) is 0.200. The zero-order valence-corrected chi connectivity index (χ0v) is 21.4. The van der Waals surface area contributed by atoms with E-state index >= 15 is 0 Å². The smallest absolute Gasteiger partial charge is 0.302 e. The van der Waals surface area contributed by atoms with Crippen molar-refractivity contribution in [3.63, 3.8) is 0 Å². The maximum Gasteiger partial charge on any atom is 0.416 e. The standard InChI is InChI=1S/C25H20F3N3O2S3/c1-15-5-7-16(8-6-15)13-20-22(33)31(24(34)36-20)10-9-21(32)30-23-29-14-19(35-23)12-17-3-2-4-18(11-17)25(26,27)28/h2-8,11,13-14H,9-10,12H2,1H3,(H,29,30,32). The monoisotopic (exact) mass is 547 g/mol. The number of rotatable bonds is 7. The van der Waals surface area contributed by atoms with Gasteiger partial charge in [-0.2, -0.15) is 13.2 Å². The summed E-state index contributed by atoms with van der Waals surface area (Å²) in [7, 11) is 0. The van der Waals surface area contributed by atoms with Crippen LogP contribution in [0.2, 0.25) is 0 Å². The maximum atomic E-state index is 12.9. The number of hydrogen-bond donors (Lipinski definition) is 1.